The number of carbonyl (C=O) groups is 1. The third-order valence-corrected chi connectivity index (χ3v) is 2.80. The first-order valence-corrected chi connectivity index (χ1v) is 6.25. The van der Waals surface area contributed by atoms with Crippen molar-refractivity contribution in [2.75, 3.05) is 5.32 Å². The summed E-state index contributed by atoms with van der Waals surface area (Å²) in [5.74, 6) is 0.142. The standard InChI is InChI=1S/C16H13FN2O2/c1-10-7-14(4-5-15(10)19-11(2)20)21-16-6-3-13(17)8-12(16)9-18/h3-8H,1-2H3,(H,19,20). The lowest BCUT2D eigenvalue weighted by Crippen LogP contribution is -2.06. The van der Waals surface area contributed by atoms with Gasteiger partial charge in [0.1, 0.15) is 23.4 Å². The summed E-state index contributed by atoms with van der Waals surface area (Å²) in [5.41, 5.74) is 1.64. The largest absolute Gasteiger partial charge is 0.456 e. The molecule has 0 saturated heterocycles. The van der Waals surface area contributed by atoms with Gasteiger partial charge in [0, 0.05) is 12.6 Å². The quantitative estimate of drug-likeness (QED) is 0.933. The molecule has 0 aliphatic rings. The fraction of sp³-hybridized carbons (Fsp3) is 0.125. The normalized spacial score (nSPS) is 9.81. The topological polar surface area (TPSA) is 62.1 Å². The van der Waals surface area contributed by atoms with Crippen LogP contribution in [0.3, 0.4) is 0 Å². The molecule has 21 heavy (non-hydrogen) atoms. The van der Waals surface area contributed by atoms with Crippen LogP contribution >= 0.6 is 0 Å². The Kier molecular flexibility index (Phi) is 4.19. The molecular formula is C16H13FN2O2. The number of nitrogens with zero attached hydrogens (tertiary/aromatic N) is 1. The van der Waals surface area contributed by atoms with Crippen molar-refractivity contribution in [1.82, 2.24) is 0 Å². The smallest absolute Gasteiger partial charge is 0.221 e. The fourth-order valence-corrected chi connectivity index (χ4v) is 1.84. The zero-order chi connectivity index (χ0) is 15.4. The van der Waals surface area contributed by atoms with Gasteiger partial charge in [-0.05, 0) is 48.9 Å². The number of hydrogen-bond donors (Lipinski definition) is 1. The average Bonchev–Trinajstić information content (AvgIpc) is 2.43. The van der Waals surface area contributed by atoms with E-state index in [9.17, 15) is 9.18 Å². The van der Waals surface area contributed by atoms with Crippen molar-refractivity contribution >= 4 is 11.6 Å². The number of aryl methyl sites for hydroxylation is 1. The van der Waals surface area contributed by atoms with Gasteiger partial charge in [-0.15, -0.1) is 0 Å². The van der Waals surface area contributed by atoms with E-state index in [4.69, 9.17) is 10.00 Å². The lowest BCUT2D eigenvalue weighted by atomic mass is 10.2. The molecule has 4 nitrogen and oxygen atoms in total. The molecule has 0 bridgehead atoms. The van der Waals surface area contributed by atoms with E-state index in [1.807, 2.05) is 13.0 Å². The highest BCUT2D eigenvalue weighted by Crippen LogP contribution is 2.28. The monoisotopic (exact) mass is 284 g/mol. The van der Waals surface area contributed by atoms with E-state index in [0.717, 1.165) is 11.6 Å². The third-order valence-electron chi connectivity index (χ3n) is 2.80. The summed E-state index contributed by atoms with van der Waals surface area (Å²) >= 11 is 0. The van der Waals surface area contributed by atoms with Gasteiger partial charge in [0.25, 0.3) is 0 Å². The van der Waals surface area contributed by atoms with Crippen LogP contribution < -0.4 is 10.1 Å². The Bertz CT molecular complexity index is 736. The molecule has 0 radical (unpaired) electrons. The Morgan fingerprint density at radius 1 is 1.29 bits per heavy atom. The van der Waals surface area contributed by atoms with Crippen LogP contribution in [0.25, 0.3) is 0 Å². The van der Waals surface area contributed by atoms with Crippen LogP contribution in [0.4, 0.5) is 10.1 Å². The summed E-state index contributed by atoms with van der Waals surface area (Å²) in [7, 11) is 0. The number of benzene rings is 2. The van der Waals surface area contributed by atoms with Crippen LogP contribution in [0.1, 0.15) is 18.1 Å². The SMILES string of the molecule is CC(=O)Nc1ccc(Oc2ccc(F)cc2C#N)cc1C. The predicted octanol–water partition coefficient (Wildman–Crippen LogP) is 3.76. The summed E-state index contributed by atoms with van der Waals surface area (Å²) in [6, 6.07) is 10.8. The highest BCUT2D eigenvalue weighted by Gasteiger charge is 2.08. The molecule has 0 unspecified atom stereocenters. The molecule has 0 spiro atoms. The summed E-state index contributed by atoms with van der Waals surface area (Å²) in [6.07, 6.45) is 0. The van der Waals surface area contributed by atoms with E-state index >= 15 is 0 Å². The molecule has 1 N–H and O–H groups in total. The first-order chi connectivity index (χ1) is 9.99. The molecule has 0 atom stereocenters. The second-order valence-corrected chi connectivity index (χ2v) is 4.51. The summed E-state index contributed by atoms with van der Waals surface area (Å²) in [4.78, 5) is 11.0. The molecule has 2 aromatic carbocycles. The van der Waals surface area contributed by atoms with Crippen molar-refractivity contribution in [2.24, 2.45) is 0 Å². The van der Waals surface area contributed by atoms with Crippen LogP contribution in [-0.4, -0.2) is 5.91 Å². The molecule has 0 heterocycles. The third kappa shape index (κ3) is 3.57. The van der Waals surface area contributed by atoms with Gasteiger partial charge >= 0.3 is 0 Å². The van der Waals surface area contributed by atoms with Gasteiger partial charge in [0.15, 0.2) is 0 Å². The Labute approximate surface area is 121 Å². The maximum atomic E-state index is 13.1. The van der Waals surface area contributed by atoms with E-state index in [1.54, 1.807) is 18.2 Å². The van der Waals surface area contributed by atoms with E-state index in [0.29, 0.717) is 11.4 Å². The molecule has 1 amide bonds. The van der Waals surface area contributed by atoms with Gasteiger partial charge in [-0.2, -0.15) is 5.26 Å². The molecule has 0 aromatic heterocycles. The van der Waals surface area contributed by atoms with E-state index < -0.39 is 5.82 Å². The molecule has 0 fully saturated rings. The summed E-state index contributed by atoms with van der Waals surface area (Å²) in [6.45, 7) is 3.26. The van der Waals surface area contributed by atoms with Crippen LogP contribution in [0, 0.1) is 24.1 Å². The second kappa shape index (κ2) is 6.06. The molecule has 0 aliphatic heterocycles. The molecule has 106 valence electrons. The maximum Gasteiger partial charge on any atom is 0.221 e. The molecular weight excluding hydrogens is 271 g/mol. The minimum atomic E-state index is -0.490. The lowest BCUT2D eigenvalue weighted by molar-refractivity contribution is -0.114. The zero-order valence-electron chi connectivity index (χ0n) is 11.6. The lowest BCUT2D eigenvalue weighted by Gasteiger charge is -2.11. The van der Waals surface area contributed by atoms with E-state index in [-0.39, 0.29) is 17.2 Å². The van der Waals surface area contributed by atoms with Crippen molar-refractivity contribution in [2.45, 2.75) is 13.8 Å². The van der Waals surface area contributed by atoms with Gasteiger partial charge in [-0.25, -0.2) is 4.39 Å². The number of halogens is 1. The number of amides is 1. The Balaban J connectivity index is 2.27. The summed E-state index contributed by atoms with van der Waals surface area (Å²) in [5, 5.41) is 11.7. The molecule has 0 saturated carbocycles. The van der Waals surface area contributed by atoms with Crippen LogP contribution in [0.15, 0.2) is 36.4 Å². The van der Waals surface area contributed by atoms with Gasteiger partial charge in [-0.1, -0.05) is 0 Å². The van der Waals surface area contributed by atoms with E-state index in [2.05, 4.69) is 5.32 Å². The minimum absolute atomic E-state index is 0.124. The van der Waals surface area contributed by atoms with Crippen molar-refractivity contribution < 1.29 is 13.9 Å². The number of carbonyl (C=O) groups excluding carboxylic acids is 1. The Morgan fingerprint density at radius 2 is 2.05 bits per heavy atom. The number of nitrogens with one attached hydrogen (secondary N) is 1. The maximum absolute atomic E-state index is 13.1. The molecule has 2 aromatic rings. The van der Waals surface area contributed by atoms with Gasteiger partial charge in [0.05, 0.1) is 5.56 Å². The predicted molar refractivity (Wildman–Crippen MR) is 76.7 cm³/mol. The molecule has 0 aliphatic carbocycles. The first-order valence-electron chi connectivity index (χ1n) is 6.25. The number of hydrogen-bond acceptors (Lipinski definition) is 3. The van der Waals surface area contributed by atoms with Gasteiger partial charge in [0.2, 0.25) is 5.91 Å². The second-order valence-electron chi connectivity index (χ2n) is 4.51. The highest BCUT2D eigenvalue weighted by atomic mass is 19.1. The van der Waals surface area contributed by atoms with Crippen molar-refractivity contribution in [3.63, 3.8) is 0 Å². The number of nitriles is 1. The average molecular weight is 284 g/mol. The van der Waals surface area contributed by atoms with Crippen molar-refractivity contribution in [3.8, 4) is 17.6 Å². The highest BCUT2D eigenvalue weighted by molar-refractivity contribution is 5.89. The summed E-state index contributed by atoms with van der Waals surface area (Å²) < 4.78 is 18.7. The van der Waals surface area contributed by atoms with Crippen molar-refractivity contribution in [3.05, 3.63) is 53.3 Å². The molecule has 2 rings (SSSR count). The Hall–Kier alpha value is -2.87. The minimum Gasteiger partial charge on any atom is -0.456 e. The van der Waals surface area contributed by atoms with Crippen LogP contribution in [-0.2, 0) is 4.79 Å². The zero-order valence-corrected chi connectivity index (χ0v) is 11.6. The molecule has 5 heteroatoms. The van der Waals surface area contributed by atoms with Gasteiger partial charge in [-0.3, -0.25) is 4.79 Å². The van der Waals surface area contributed by atoms with Gasteiger partial charge < -0.3 is 10.1 Å². The first kappa shape index (κ1) is 14.5. The van der Waals surface area contributed by atoms with E-state index in [1.165, 1.54) is 19.1 Å². The van der Waals surface area contributed by atoms with Crippen LogP contribution in [0.2, 0.25) is 0 Å². The number of rotatable bonds is 3. The number of ether oxygens (including phenoxy) is 1. The van der Waals surface area contributed by atoms with Crippen molar-refractivity contribution in [1.29, 1.82) is 5.26 Å². The van der Waals surface area contributed by atoms with Crippen LogP contribution in [0.5, 0.6) is 11.5 Å². The number of anilines is 1. The fourth-order valence-electron chi connectivity index (χ4n) is 1.84. The Morgan fingerprint density at radius 3 is 2.67 bits per heavy atom.